The number of thioether (sulfide) groups is 1. The van der Waals surface area contributed by atoms with Crippen LogP contribution < -0.4 is 9.47 Å². The molecule has 10 heteroatoms. The van der Waals surface area contributed by atoms with Gasteiger partial charge in [-0.15, -0.1) is 10.2 Å². The molecule has 1 heterocycles. The van der Waals surface area contributed by atoms with Crippen molar-refractivity contribution >= 4 is 47.0 Å². The minimum absolute atomic E-state index is 0.0287. The van der Waals surface area contributed by atoms with E-state index in [0.717, 1.165) is 17.3 Å². The first-order valence-electron chi connectivity index (χ1n) is 9.11. The zero-order valence-corrected chi connectivity index (χ0v) is 19.3. The zero-order valence-electron chi connectivity index (χ0n) is 16.9. The number of carboxylic acids is 1. The molecule has 0 radical (unpaired) electrons. The third-order valence-corrected chi connectivity index (χ3v) is 6.15. The summed E-state index contributed by atoms with van der Waals surface area (Å²) in [6.07, 6.45) is 1.46. The Labute approximate surface area is 193 Å². The van der Waals surface area contributed by atoms with E-state index in [4.69, 9.17) is 32.7 Å². The van der Waals surface area contributed by atoms with Crippen molar-refractivity contribution in [1.29, 1.82) is 0 Å². The Kier molecular flexibility index (Phi) is 7.48. The number of hydrogen-bond donors (Lipinski definition) is 1. The summed E-state index contributed by atoms with van der Waals surface area (Å²) in [4.78, 5) is 11.9. The summed E-state index contributed by atoms with van der Waals surface area (Å²) >= 11 is 13.2. The summed E-state index contributed by atoms with van der Waals surface area (Å²) in [5.41, 5.74) is 1.23. The summed E-state index contributed by atoms with van der Waals surface area (Å²) < 4.78 is 12.5. The second kappa shape index (κ2) is 10.1. The first-order chi connectivity index (χ1) is 14.9. The number of aromatic nitrogens is 3. The molecule has 0 saturated heterocycles. The minimum atomic E-state index is -1.11. The number of nitrogens with zero attached hydrogens (tertiary/aromatic N) is 3. The Balaban J connectivity index is 2.02. The smallest absolute Gasteiger partial charge is 0.342 e. The maximum atomic E-state index is 11.9. The predicted octanol–water partition coefficient (Wildman–Crippen LogP) is 5.51. The number of methoxy groups -OCH3 is 2. The highest BCUT2D eigenvalue weighted by Gasteiger charge is 2.19. The van der Waals surface area contributed by atoms with Crippen molar-refractivity contribution in [3.05, 3.63) is 56.9 Å². The molecule has 0 saturated carbocycles. The second-order valence-electron chi connectivity index (χ2n) is 6.21. The number of ether oxygens (including phenoxy) is 2. The van der Waals surface area contributed by atoms with Crippen molar-refractivity contribution in [3.8, 4) is 22.9 Å². The van der Waals surface area contributed by atoms with Crippen LogP contribution in [-0.4, -0.2) is 40.1 Å². The monoisotopic (exact) mass is 479 g/mol. The van der Waals surface area contributed by atoms with E-state index in [1.807, 2.05) is 23.6 Å². The molecule has 0 aliphatic carbocycles. The summed E-state index contributed by atoms with van der Waals surface area (Å²) in [6, 6.07) is 10.4. The zero-order chi connectivity index (χ0) is 22.5. The van der Waals surface area contributed by atoms with E-state index < -0.39 is 5.97 Å². The number of halogens is 2. The van der Waals surface area contributed by atoms with Crippen molar-refractivity contribution < 1.29 is 19.4 Å². The van der Waals surface area contributed by atoms with Gasteiger partial charge in [0.15, 0.2) is 11.0 Å². The van der Waals surface area contributed by atoms with Gasteiger partial charge in [0.1, 0.15) is 16.4 Å². The highest BCUT2D eigenvalue weighted by molar-refractivity contribution is 8.04. The number of rotatable bonds is 8. The van der Waals surface area contributed by atoms with E-state index >= 15 is 0 Å². The van der Waals surface area contributed by atoms with Gasteiger partial charge in [-0.2, -0.15) is 0 Å². The molecule has 0 fully saturated rings. The molecule has 1 N–H and O–H groups in total. The number of aliphatic carboxylic acids is 1. The Bertz CT molecular complexity index is 1130. The fraction of sp³-hybridized carbons (Fsp3) is 0.190. The van der Waals surface area contributed by atoms with Gasteiger partial charge in [-0.3, -0.25) is 0 Å². The molecule has 0 atom stereocenters. The van der Waals surface area contributed by atoms with Crippen LogP contribution in [0.3, 0.4) is 0 Å². The van der Waals surface area contributed by atoms with Crippen LogP contribution in [0, 0.1) is 0 Å². The van der Waals surface area contributed by atoms with Crippen molar-refractivity contribution in [2.75, 3.05) is 14.2 Å². The van der Waals surface area contributed by atoms with Crippen molar-refractivity contribution in [2.45, 2.75) is 18.6 Å². The normalized spacial score (nSPS) is 11.5. The Morgan fingerprint density at radius 3 is 2.42 bits per heavy atom. The van der Waals surface area contributed by atoms with E-state index in [1.54, 1.807) is 38.5 Å². The molecule has 7 nitrogen and oxygen atoms in total. The van der Waals surface area contributed by atoms with Gasteiger partial charge in [-0.25, -0.2) is 4.79 Å². The second-order valence-corrected chi connectivity index (χ2v) is 8.00. The third kappa shape index (κ3) is 5.15. The predicted molar refractivity (Wildman–Crippen MR) is 122 cm³/mol. The van der Waals surface area contributed by atoms with Gasteiger partial charge in [0.25, 0.3) is 0 Å². The molecule has 162 valence electrons. The van der Waals surface area contributed by atoms with E-state index in [2.05, 4.69) is 10.2 Å². The maximum Gasteiger partial charge on any atom is 0.342 e. The van der Waals surface area contributed by atoms with Crippen LogP contribution in [0.25, 0.3) is 17.5 Å². The topological polar surface area (TPSA) is 86.5 Å². The average Bonchev–Trinajstić information content (AvgIpc) is 3.18. The fourth-order valence-electron chi connectivity index (χ4n) is 2.81. The van der Waals surface area contributed by atoms with Crippen molar-refractivity contribution in [3.63, 3.8) is 0 Å². The van der Waals surface area contributed by atoms with Crippen LogP contribution in [0.2, 0.25) is 10.0 Å². The summed E-state index contributed by atoms with van der Waals surface area (Å²) in [7, 11) is 3.13. The van der Waals surface area contributed by atoms with Gasteiger partial charge in [-0.05, 0) is 48.5 Å². The van der Waals surface area contributed by atoms with E-state index in [9.17, 15) is 9.90 Å². The molecule has 2 aromatic carbocycles. The molecule has 3 rings (SSSR count). The molecular weight excluding hydrogens is 461 g/mol. The summed E-state index contributed by atoms with van der Waals surface area (Å²) in [5, 5.41) is 19.3. The molecule has 0 aliphatic heterocycles. The molecule has 31 heavy (non-hydrogen) atoms. The van der Waals surface area contributed by atoms with Crippen LogP contribution >= 0.6 is 35.0 Å². The van der Waals surface area contributed by atoms with Crippen LogP contribution in [0.4, 0.5) is 0 Å². The quantitative estimate of drug-likeness (QED) is 0.336. The molecule has 1 aromatic heterocycles. The highest BCUT2D eigenvalue weighted by atomic mass is 35.5. The average molecular weight is 480 g/mol. The fourth-order valence-corrected chi connectivity index (χ4v) is 4.05. The van der Waals surface area contributed by atoms with Crippen LogP contribution in [0.15, 0.2) is 46.5 Å². The molecule has 0 bridgehead atoms. The number of carboxylic acid groups (broad SMARTS) is 1. The molecule has 0 aliphatic rings. The van der Waals surface area contributed by atoms with Crippen LogP contribution in [0.1, 0.15) is 12.5 Å². The van der Waals surface area contributed by atoms with E-state index in [1.165, 1.54) is 6.08 Å². The SMILES string of the molecule is CCn1c(S/C(=C\c2cccc(Cl)c2Cl)C(=O)O)nnc1-c1cc(OC)cc(OC)c1. The van der Waals surface area contributed by atoms with Gasteiger partial charge >= 0.3 is 5.97 Å². The van der Waals surface area contributed by atoms with Gasteiger partial charge in [0, 0.05) is 18.2 Å². The molecule has 3 aromatic rings. The van der Waals surface area contributed by atoms with Crippen molar-refractivity contribution in [1.82, 2.24) is 14.8 Å². The Morgan fingerprint density at radius 1 is 1.16 bits per heavy atom. The summed E-state index contributed by atoms with van der Waals surface area (Å²) in [5.74, 6) is 0.663. The number of hydrogen-bond acceptors (Lipinski definition) is 6. The lowest BCUT2D eigenvalue weighted by Crippen LogP contribution is -2.03. The Hall–Kier alpha value is -2.68. The molecular formula is C21H19Cl2N3O4S. The Morgan fingerprint density at radius 2 is 1.84 bits per heavy atom. The van der Waals surface area contributed by atoms with Gasteiger partial charge in [-0.1, -0.05) is 35.3 Å². The summed E-state index contributed by atoms with van der Waals surface area (Å²) in [6.45, 7) is 2.45. The standard InChI is InChI=1S/C21H19Cl2N3O4S/c1-4-26-19(13-8-14(29-2)11-15(9-13)30-3)24-25-21(26)31-17(20(27)28)10-12-6-5-7-16(22)18(12)23/h5-11H,4H2,1-3H3,(H,27,28)/b17-10-. The lowest BCUT2D eigenvalue weighted by atomic mass is 10.2. The first-order valence-corrected chi connectivity index (χ1v) is 10.7. The number of benzene rings is 2. The van der Waals surface area contributed by atoms with Gasteiger partial charge in [0.05, 0.1) is 24.3 Å². The van der Waals surface area contributed by atoms with E-state index in [0.29, 0.717) is 39.6 Å². The maximum absolute atomic E-state index is 11.9. The largest absolute Gasteiger partial charge is 0.497 e. The van der Waals surface area contributed by atoms with Gasteiger partial charge < -0.3 is 19.1 Å². The first kappa shape index (κ1) is 23.0. The van der Waals surface area contributed by atoms with Crippen LogP contribution in [-0.2, 0) is 11.3 Å². The van der Waals surface area contributed by atoms with E-state index in [-0.39, 0.29) is 9.93 Å². The molecule has 0 amide bonds. The van der Waals surface area contributed by atoms with Crippen LogP contribution in [0.5, 0.6) is 11.5 Å². The van der Waals surface area contributed by atoms with Crippen molar-refractivity contribution in [2.24, 2.45) is 0 Å². The third-order valence-electron chi connectivity index (χ3n) is 4.32. The highest BCUT2D eigenvalue weighted by Crippen LogP contribution is 2.35. The number of carbonyl (C=O) groups is 1. The minimum Gasteiger partial charge on any atom is -0.497 e. The lowest BCUT2D eigenvalue weighted by molar-refractivity contribution is -0.131. The molecule has 0 spiro atoms. The lowest BCUT2D eigenvalue weighted by Gasteiger charge is -2.10. The molecule has 0 unspecified atom stereocenters. The van der Waals surface area contributed by atoms with Gasteiger partial charge in [0.2, 0.25) is 0 Å².